The SMILES string of the molecule is CCCc1ccc(C#Cc2ccc(C#Cc3ccc4cc(C)ccc4c3F)cc2)cc1. The van der Waals surface area contributed by atoms with Crippen LogP contribution < -0.4 is 0 Å². The van der Waals surface area contributed by atoms with Crippen LogP contribution in [0.3, 0.4) is 0 Å². The molecule has 0 aliphatic carbocycles. The molecule has 0 heterocycles. The zero-order valence-electron chi connectivity index (χ0n) is 17.8. The Morgan fingerprint density at radius 2 is 1.26 bits per heavy atom. The lowest BCUT2D eigenvalue weighted by atomic mass is 10.0. The number of hydrogen-bond acceptors (Lipinski definition) is 0. The van der Waals surface area contributed by atoms with Gasteiger partial charge in [0.2, 0.25) is 0 Å². The molecule has 0 amide bonds. The zero-order chi connectivity index (χ0) is 21.6. The molecule has 0 unspecified atom stereocenters. The molecule has 0 spiro atoms. The van der Waals surface area contributed by atoms with E-state index < -0.39 is 0 Å². The first kappa shape index (κ1) is 20.5. The minimum absolute atomic E-state index is 0.266. The molecule has 150 valence electrons. The summed E-state index contributed by atoms with van der Waals surface area (Å²) >= 11 is 0. The smallest absolute Gasteiger partial charge is 0.146 e. The van der Waals surface area contributed by atoms with Gasteiger partial charge in [-0.2, -0.15) is 0 Å². The van der Waals surface area contributed by atoms with Crippen molar-refractivity contribution in [3.8, 4) is 23.7 Å². The molecule has 0 aliphatic heterocycles. The number of rotatable bonds is 2. The van der Waals surface area contributed by atoms with Gasteiger partial charge in [-0.1, -0.05) is 79.0 Å². The van der Waals surface area contributed by atoms with Crippen molar-refractivity contribution >= 4 is 10.8 Å². The van der Waals surface area contributed by atoms with Crippen LogP contribution in [-0.2, 0) is 6.42 Å². The fourth-order valence-corrected chi connectivity index (χ4v) is 3.47. The van der Waals surface area contributed by atoms with Gasteiger partial charge in [-0.3, -0.25) is 0 Å². The first-order valence-electron chi connectivity index (χ1n) is 10.5. The largest absolute Gasteiger partial charge is 0.205 e. The second-order valence-corrected chi connectivity index (χ2v) is 7.68. The van der Waals surface area contributed by atoms with E-state index in [4.69, 9.17) is 0 Å². The van der Waals surface area contributed by atoms with E-state index in [0.717, 1.165) is 40.5 Å². The molecule has 0 fully saturated rings. The number of fused-ring (bicyclic) bond motifs is 1. The summed E-state index contributed by atoms with van der Waals surface area (Å²) in [7, 11) is 0. The lowest BCUT2D eigenvalue weighted by Gasteiger charge is -2.03. The minimum Gasteiger partial charge on any atom is -0.205 e. The Bertz CT molecular complexity index is 1340. The quantitative estimate of drug-likeness (QED) is 0.316. The highest BCUT2D eigenvalue weighted by Crippen LogP contribution is 2.22. The van der Waals surface area contributed by atoms with E-state index in [1.54, 1.807) is 6.07 Å². The van der Waals surface area contributed by atoms with E-state index >= 15 is 0 Å². The Morgan fingerprint density at radius 1 is 0.677 bits per heavy atom. The molecule has 31 heavy (non-hydrogen) atoms. The standard InChI is InChI=1S/C30H23F/c1-3-4-23-6-8-24(9-7-23)10-11-25-12-14-26(15-13-25)16-17-27-18-19-28-21-22(2)5-20-29(28)30(27)31/h5-9,12-15,18-21H,3-4H2,1-2H3. The molecular weight excluding hydrogens is 379 g/mol. The van der Waals surface area contributed by atoms with E-state index in [0.29, 0.717) is 10.9 Å². The molecule has 0 bridgehead atoms. The first-order valence-corrected chi connectivity index (χ1v) is 10.5. The van der Waals surface area contributed by atoms with E-state index in [2.05, 4.69) is 54.9 Å². The van der Waals surface area contributed by atoms with Crippen LogP contribution in [0, 0.1) is 36.4 Å². The van der Waals surface area contributed by atoms with Crippen LogP contribution in [0.15, 0.2) is 78.9 Å². The topological polar surface area (TPSA) is 0 Å². The predicted octanol–water partition coefficient (Wildman–Crippen LogP) is 7.04. The second kappa shape index (κ2) is 9.34. The van der Waals surface area contributed by atoms with Gasteiger partial charge in [0.15, 0.2) is 0 Å². The normalized spacial score (nSPS) is 10.2. The Balaban J connectivity index is 1.50. The van der Waals surface area contributed by atoms with Gasteiger partial charge in [-0.25, -0.2) is 4.39 Å². The molecule has 0 saturated heterocycles. The molecule has 0 N–H and O–H groups in total. The lowest BCUT2D eigenvalue weighted by molar-refractivity contribution is 0.636. The molecule has 0 saturated carbocycles. The monoisotopic (exact) mass is 402 g/mol. The molecule has 0 nitrogen and oxygen atoms in total. The zero-order valence-corrected chi connectivity index (χ0v) is 17.8. The molecule has 0 atom stereocenters. The fourth-order valence-electron chi connectivity index (χ4n) is 3.47. The van der Waals surface area contributed by atoms with Crippen molar-refractivity contribution in [3.05, 3.63) is 118 Å². The average molecular weight is 403 g/mol. The van der Waals surface area contributed by atoms with Crippen LogP contribution in [0.4, 0.5) is 4.39 Å². The second-order valence-electron chi connectivity index (χ2n) is 7.68. The third-order valence-corrected chi connectivity index (χ3v) is 5.18. The third kappa shape index (κ3) is 5.03. The van der Waals surface area contributed by atoms with Crippen LogP contribution in [0.2, 0.25) is 0 Å². The summed E-state index contributed by atoms with van der Waals surface area (Å²) in [5.41, 5.74) is 5.63. The Morgan fingerprint density at radius 3 is 1.87 bits per heavy atom. The van der Waals surface area contributed by atoms with Gasteiger partial charge in [0.05, 0.1) is 5.56 Å². The minimum atomic E-state index is -0.266. The molecule has 0 aromatic heterocycles. The summed E-state index contributed by atoms with van der Waals surface area (Å²) in [5.74, 6) is 12.1. The summed E-state index contributed by atoms with van der Waals surface area (Å²) in [4.78, 5) is 0. The fraction of sp³-hybridized carbons (Fsp3) is 0.133. The summed E-state index contributed by atoms with van der Waals surface area (Å²) in [5, 5.41) is 1.50. The van der Waals surface area contributed by atoms with Crippen LogP contribution in [0.5, 0.6) is 0 Å². The number of hydrogen-bond donors (Lipinski definition) is 0. The Labute approximate surface area is 183 Å². The van der Waals surface area contributed by atoms with Gasteiger partial charge in [0, 0.05) is 22.1 Å². The van der Waals surface area contributed by atoms with Crippen LogP contribution in [0.1, 0.15) is 46.7 Å². The van der Waals surface area contributed by atoms with Gasteiger partial charge >= 0.3 is 0 Å². The summed E-state index contributed by atoms with van der Waals surface area (Å²) in [6, 6.07) is 25.5. The van der Waals surface area contributed by atoms with Gasteiger partial charge in [-0.05, 0) is 66.8 Å². The van der Waals surface area contributed by atoms with Crippen molar-refractivity contribution in [3.63, 3.8) is 0 Å². The highest BCUT2D eigenvalue weighted by atomic mass is 19.1. The van der Waals surface area contributed by atoms with Crippen molar-refractivity contribution in [2.75, 3.05) is 0 Å². The summed E-state index contributed by atoms with van der Waals surface area (Å²) in [6.07, 6.45) is 2.24. The van der Waals surface area contributed by atoms with Crippen molar-refractivity contribution in [2.24, 2.45) is 0 Å². The predicted molar refractivity (Wildman–Crippen MR) is 127 cm³/mol. The molecule has 4 aromatic carbocycles. The van der Waals surface area contributed by atoms with Crippen LogP contribution >= 0.6 is 0 Å². The Hall–Kier alpha value is -3.81. The molecule has 1 heteroatoms. The highest BCUT2D eigenvalue weighted by molar-refractivity contribution is 5.85. The van der Waals surface area contributed by atoms with Crippen molar-refractivity contribution in [1.29, 1.82) is 0 Å². The van der Waals surface area contributed by atoms with Gasteiger partial charge < -0.3 is 0 Å². The van der Waals surface area contributed by atoms with Crippen molar-refractivity contribution < 1.29 is 4.39 Å². The van der Waals surface area contributed by atoms with Crippen molar-refractivity contribution in [2.45, 2.75) is 26.7 Å². The Kier molecular flexibility index (Phi) is 6.16. The van der Waals surface area contributed by atoms with E-state index in [9.17, 15) is 4.39 Å². The maximum absolute atomic E-state index is 14.8. The van der Waals surface area contributed by atoms with Gasteiger partial charge in [0.25, 0.3) is 0 Å². The molecule has 0 radical (unpaired) electrons. The van der Waals surface area contributed by atoms with Crippen molar-refractivity contribution in [1.82, 2.24) is 0 Å². The molecule has 0 aliphatic rings. The van der Waals surface area contributed by atoms with E-state index in [-0.39, 0.29) is 5.82 Å². The van der Waals surface area contributed by atoms with E-state index in [1.807, 2.05) is 55.5 Å². The summed E-state index contributed by atoms with van der Waals surface area (Å²) in [6.45, 7) is 4.18. The maximum atomic E-state index is 14.8. The third-order valence-electron chi connectivity index (χ3n) is 5.18. The molecular formula is C30H23F. The first-order chi connectivity index (χ1) is 15.1. The number of benzene rings is 4. The van der Waals surface area contributed by atoms with Gasteiger partial charge in [-0.15, -0.1) is 0 Å². The van der Waals surface area contributed by atoms with Crippen LogP contribution in [0.25, 0.3) is 10.8 Å². The average Bonchev–Trinajstić information content (AvgIpc) is 2.79. The highest BCUT2D eigenvalue weighted by Gasteiger charge is 2.05. The number of aryl methyl sites for hydroxylation is 2. The van der Waals surface area contributed by atoms with Crippen LogP contribution in [-0.4, -0.2) is 0 Å². The summed E-state index contributed by atoms with van der Waals surface area (Å²) < 4.78 is 14.8. The molecule has 4 aromatic rings. The maximum Gasteiger partial charge on any atom is 0.146 e. The lowest BCUT2D eigenvalue weighted by Crippen LogP contribution is -1.87. The van der Waals surface area contributed by atoms with E-state index in [1.165, 1.54) is 5.56 Å². The number of halogens is 1. The van der Waals surface area contributed by atoms with Gasteiger partial charge in [0.1, 0.15) is 5.82 Å². The molecule has 4 rings (SSSR count).